The Bertz CT molecular complexity index is 1540. The molecular weight excluding hydrogens is 560 g/mol. The average molecular weight is 601 g/mol. The fourth-order valence-electron chi connectivity index (χ4n) is 7.04. The normalized spacial score (nSPS) is 13.0. The lowest BCUT2D eigenvalue weighted by molar-refractivity contribution is 0.450. The van der Waals surface area contributed by atoms with Crippen molar-refractivity contribution in [1.29, 1.82) is 0 Å². The van der Waals surface area contributed by atoms with E-state index in [-0.39, 0.29) is 28.7 Å². The smallest absolute Gasteiger partial charge is 0.122 e. The van der Waals surface area contributed by atoms with Crippen LogP contribution in [0.5, 0.6) is 28.7 Å². The van der Waals surface area contributed by atoms with Gasteiger partial charge in [-0.25, -0.2) is 0 Å². The Balaban J connectivity index is 1.60. The minimum atomic E-state index is 0.141. The molecule has 0 heterocycles. The van der Waals surface area contributed by atoms with Crippen LogP contribution in [0.4, 0.5) is 0 Å². The summed E-state index contributed by atoms with van der Waals surface area (Å²) in [6.07, 6.45) is 1.62. The van der Waals surface area contributed by atoms with E-state index < -0.39 is 0 Å². The van der Waals surface area contributed by atoms with Crippen LogP contribution < -0.4 is 0 Å². The number of hydrogen-bond acceptors (Lipinski definition) is 5. The van der Waals surface area contributed by atoms with Crippen LogP contribution in [0, 0.1) is 34.6 Å². The molecule has 0 amide bonds. The molecule has 230 valence electrons. The van der Waals surface area contributed by atoms with Gasteiger partial charge in [-0.2, -0.15) is 0 Å². The SMILES string of the molecule is Cc1cc2c(O)c(c1)Cc1cc(C)cc(c1O)Cc1cc(C)cc(c1O)Cc1cc(C)cc(c1O)Cc1cc(C)cc(c1O)C2. The van der Waals surface area contributed by atoms with Gasteiger partial charge < -0.3 is 25.5 Å². The Hall–Kier alpha value is -4.90. The summed E-state index contributed by atoms with van der Waals surface area (Å²) in [5, 5.41) is 57.5. The van der Waals surface area contributed by atoms with Gasteiger partial charge in [-0.1, -0.05) is 88.5 Å². The van der Waals surface area contributed by atoms with Crippen LogP contribution in [-0.4, -0.2) is 25.5 Å². The number of benzene rings is 5. The molecule has 0 spiro atoms. The first-order valence-electron chi connectivity index (χ1n) is 15.4. The minimum Gasteiger partial charge on any atom is -0.507 e. The Kier molecular flexibility index (Phi) is 7.74. The van der Waals surface area contributed by atoms with Gasteiger partial charge in [-0.15, -0.1) is 0 Å². The van der Waals surface area contributed by atoms with E-state index in [1.165, 1.54) is 0 Å². The number of hydrogen-bond donors (Lipinski definition) is 5. The molecule has 0 saturated carbocycles. The third-order valence-corrected chi connectivity index (χ3v) is 8.97. The molecule has 0 aliphatic heterocycles. The number of rotatable bonds is 0. The molecule has 1 aliphatic carbocycles. The van der Waals surface area contributed by atoms with Crippen LogP contribution in [0.15, 0.2) is 60.7 Å². The molecule has 1 aliphatic rings. The summed E-state index contributed by atoms with van der Waals surface area (Å²) in [4.78, 5) is 0. The quantitative estimate of drug-likeness (QED) is 0.122. The maximum atomic E-state index is 11.5. The Morgan fingerprint density at radius 3 is 0.489 bits per heavy atom. The maximum Gasteiger partial charge on any atom is 0.122 e. The van der Waals surface area contributed by atoms with Crippen LogP contribution in [0.25, 0.3) is 0 Å². The molecule has 10 bridgehead atoms. The second-order valence-corrected chi connectivity index (χ2v) is 13.0. The number of phenolic OH excluding ortho intramolecular Hbond substituents is 5. The van der Waals surface area contributed by atoms with Gasteiger partial charge in [-0.3, -0.25) is 0 Å². The van der Waals surface area contributed by atoms with Crippen LogP contribution >= 0.6 is 0 Å². The molecule has 5 heteroatoms. The standard InChI is InChI=1S/C40H40O5/c1-21-6-26-16-28-8-22(2)10-30(37(28)42)18-32-12-24(4)14-34(39(32)44)20-35-15-25(5)13-33(40(35)45)19-31-11-23(3)9-29(38(31)43)17-27(7-21)36(26)41/h6-15,41-45H,16-20H2,1-5H3. The monoisotopic (exact) mass is 600 g/mol. The molecule has 0 saturated heterocycles. The highest BCUT2D eigenvalue weighted by molar-refractivity contribution is 5.57. The molecule has 5 aromatic carbocycles. The van der Waals surface area contributed by atoms with Gasteiger partial charge in [0.1, 0.15) is 28.7 Å². The van der Waals surface area contributed by atoms with E-state index in [9.17, 15) is 25.5 Å². The van der Waals surface area contributed by atoms with Crippen LogP contribution in [0.2, 0.25) is 0 Å². The molecule has 0 unspecified atom stereocenters. The van der Waals surface area contributed by atoms with Gasteiger partial charge in [0, 0.05) is 32.1 Å². The van der Waals surface area contributed by atoms with Gasteiger partial charge in [0.25, 0.3) is 0 Å². The highest BCUT2D eigenvalue weighted by Crippen LogP contribution is 2.39. The number of aryl methyl sites for hydroxylation is 5. The fraction of sp³-hybridized carbons (Fsp3) is 0.250. The van der Waals surface area contributed by atoms with Gasteiger partial charge in [0.15, 0.2) is 0 Å². The van der Waals surface area contributed by atoms with E-state index in [0.29, 0.717) is 87.7 Å². The molecule has 0 radical (unpaired) electrons. The van der Waals surface area contributed by atoms with Crippen molar-refractivity contribution in [1.82, 2.24) is 0 Å². The second-order valence-electron chi connectivity index (χ2n) is 13.0. The van der Waals surface area contributed by atoms with E-state index in [1.54, 1.807) is 0 Å². The molecule has 5 nitrogen and oxygen atoms in total. The van der Waals surface area contributed by atoms with Gasteiger partial charge in [-0.05, 0) is 90.3 Å². The van der Waals surface area contributed by atoms with Crippen molar-refractivity contribution < 1.29 is 25.5 Å². The molecule has 6 rings (SSSR count). The van der Waals surface area contributed by atoms with Gasteiger partial charge in [0.2, 0.25) is 0 Å². The van der Waals surface area contributed by atoms with Crippen molar-refractivity contribution in [3.8, 4) is 28.7 Å². The zero-order valence-corrected chi connectivity index (χ0v) is 26.5. The van der Waals surface area contributed by atoms with Gasteiger partial charge >= 0.3 is 0 Å². The van der Waals surface area contributed by atoms with Crippen LogP contribution in [0.3, 0.4) is 0 Å². The summed E-state index contributed by atoms with van der Waals surface area (Å²) in [7, 11) is 0. The number of aromatic hydroxyl groups is 5. The van der Waals surface area contributed by atoms with Crippen molar-refractivity contribution in [2.45, 2.75) is 66.7 Å². The Morgan fingerprint density at radius 2 is 0.378 bits per heavy atom. The predicted molar refractivity (Wildman–Crippen MR) is 178 cm³/mol. The topological polar surface area (TPSA) is 101 Å². The van der Waals surface area contributed by atoms with Crippen LogP contribution in [-0.2, 0) is 32.1 Å². The van der Waals surface area contributed by atoms with E-state index >= 15 is 0 Å². The van der Waals surface area contributed by atoms with Crippen molar-refractivity contribution in [3.05, 3.63) is 144 Å². The van der Waals surface area contributed by atoms with E-state index in [2.05, 4.69) is 0 Å². The van der Waals surface area contributed by atoms with Crippen molar-refractivity contribution >= 4 is 0 Å². The fourth-order valence-corrected chi connectivity index (χ4v) is 7.04. The molecule has 5 N–H and O–H groups in total. The first kappa shape index (κ1) is 30.1. The van der Waals surface area contributed by atoms with Crippen molar-refractivity contribution in [3.63, 3.8) is 0 Å². The Morgan fingerprint density at radius 1 is 0.267 bits per heavy atom. The third kappa shape index (κ3) is 5.95. The summed E-state index contributed by atoms with van der Waals surface area (Å²) < 4.78 is 0. The maximum absolute atomic E-state index is 11.5. The summed E-state index contributed by atoms with van der Waals surface area (Å²) in [5.74, 6) is 0.703. The summed E-state index contributed by atoms with van der Waals surface area (Å²) in [5.41, 5.74) is 11.7. The first-order chi connectivity index (χ1) is 21.4. The number of fused-ring (bicyclic) bond motifs is 10. The summed E-state index contributed by atoms with van der Waals surface area (Å²) in [6.45, 7) is 9.88. The van der Waals surface area contributed by atoms with E-state index in [1.807, 2.05) is 95.3 Å². The molecule has 0 aromatic heterocycles. The zero-order chi connectivity index (χ0) is 32.2. The lowest BCUT2D eigenvalue weighted by Gasteiger charge is -2.19. The lowest BCUT2D eigenvalue weighted by atomic mass is 9.89. The largest absolute Gasteiger partial charge is 0.507 e. The highest BCUT2D eigenvalue weighted by Gasteiger charge is 2.21. The van der Waals surface area contributed by atoms with E-state index in [4.69, 9.17) is 0 Å². The second kappa shape index (κ2) is 11.6. The van der Waals surface area contributed by atoms with E-state index in [0.717, 1.165) is 27.8 Å². The predicted octanol–water partition coefficient (Wildman–Crippen LogP) is 8.02. The summed E-state index contributed by atoms with van der Waals surface area (Å²) >= 11 is 0. The van der Waals surface area contributed by atoms with Crippen LogP contribution in [0.1, 0.15) is 83.5 Å². The summed E-state index contributed by atoms with van der Waals surface area (Å²) in [6, 6.07) is 19.4. The molecule has 5 aromatic rings. The number of phenols is 5. The molecule has 45 heavy (non-hydrogen) atoms. The first-order valence-corrected chi connectivity index (χ1v) is 15.4. The highest BCUT2D eigenvalue weighted by atomic mass is 16.3. The lowest BCUT2D eigenvalue weighted by Crippen LogP contribution is -2.02. The molecule has 0 fully saturated rings. The Labute approximate surface area is 264 Å². The van der Waals surface area contributed by atoms with Gasteiger partial charge in [0.05, 0.1) is 0 Å². The van der Waals surface area contributed by atoms with Crippen molar-refractivity contribution in [2.24, 2.45) is 0 Å². The minimum absolute atomic E-state index is 0.141. The molecule has 0 atom stereocenters. The average Bonchev–Trinajstić information content (AvgIpc) is 2.96. The van der Waals surface area contributed by atoms with Crippen molar-refractivity contribution in [2.75, 3.05) is 0 Å². The molecular formula is C40H40O5. The third-order valence-electron chi connectivity index (χ3n) is 8.97. The zero-order valence-electron chi connectivity index (χ0n) is 26.5.